The minimum absolute atomic E-state index is 0.0323. The van der Waals surface area contributed by atoms with Crippen LogP contribution in [-0.2, 0) is 11.4 Å². The van der Waals surface area contributed by atoms with E-state index in [4.69, 9.17) is 10.2 Å². The fraction of sp³-hybridized carbons (Fsp3) is 0.222. The summed E-state index contributed by atoms with van der Waals surface area (Å²) >= 11 is 0. The number of aliphatic hydroxyl groups is 1. The maximum absolute atomic E-state index is 12.6. The first-order valence-electron chi connectivity index (χ1n) is 3.87. The van der Waals surface area contributed by atoms with Gasteiger partial charge in [0.25, 0.3) is 0 Å². The summed E-state index contributed by atoms with van der Waals surface area (Å²) in [5.41, 5.74) is 0.344. The Morgan fingerprint density at radius 2 is 2.14 bits per heavy atom. The number of alkyl halides is 1. The van der Waals surface area contributed by atoms with Crippen molar-refractivity contribution in [3.63, 3.8) is 0 Å². The number of ether oxygens (including phenoxy) is 1. The maximum atomic E-state index is 12.6. The number of benzene rings is 1. The van der Waals surface area contributed by atoms with Crippen LogP contribution in [0.3, 0.4) is 0 Å². The van der Waals surface area contributed by atoms with E-state index in [9.17, 15) is 9.18 Å². The number of carboxylic acids is 1. The predicted molar refractivity (Wildman–Crippen MR) is 45.5 cm³/mol. The summed E-state index contributed by atoms with van der Waals surface area (Å²) < 4.78 is 17.1. The van der Waals surface area contributed by atoms with Crippen molar-refractivity contribution in [3.8, 4) is 5.75 Å². The van der Waals surface area contributed by atoms with Gasteiger partial charge in [-0.2, -0.15) is 4.39 Å². The van der Waals surface area contributed by atoms with Crippen LogP contribution in [0.25, 0.3) is 0 Å². The number of carbonyl (C=O) groups is 1. The van der Waals surface area contributed by atoms with Gasteiger partial charge >= 0.3 is 12.3 Å². The highest BCUT2D eigenvalue weighted by molar-refractivity contribution is 5.71. The van der Waals surface area contributed by atoms with E-state index >= 15 is 0 Å². The number of hydrogen-bond donors (Lipinski definition) is 2. The Hall–Kier alpha value is -1.62. The van der Waals surface area contributed by atoms with Crippen molar-refractivity contribution >= 4 is 5.97 Å². The van der Waals surface area contributed by atoms with E-state index in [-0.39, 0.29) is 12.4 Å². The molecule has 0 fully saturated rings. The Bertz CT molecular complexity index is 326. The molecule has 1 atom stereocenters. The highest BCUT2D eigenvalue weighted by Crippen LogP contribution is 2.19. The fourth-order valence-corrected chi connectivity index (χ4v) is 0.911. The second-order valence-corrected chi connectivity index (χ2v) is 2.54. The molecule has 2 N–H and O–H groups in total. The van der Waals surface area contributed by atoms with E-state index in [1.54, 1.807) is 12.1 Å². The highest BCUT2D eigenvalue weighted by Gasteiger charge is 2.18. The van der Waals surface area contributed by atoms with Gasteiger partial charge in [-0.1, -0.05) is 18.2 Å². The maximum Gasteiger partial charge on any atom is 0.378 e. The summed E-state index contributed by atoms with van der Waals surface area (Å²) in [5, 5.41) is 17.1. The van der Waals surface area contributed by atoms with Crippen LogP contribution in [0.1, 0.15) is 5.56 Å². The van der Waals surface area contributed by atoms with Gasteiger partial charge in [0, 0.05) is 5.56 Å². The Morgan fingerprint density at radius 3 is 2.71 bits per heavy atom. The molecule has 0 saturated heterocycles. The van der Waals surface area contributed by atoms with Crippen molar-refractivity contribution in [3.05, 3.63) is 29.8 Å². The number of para-hydroxylation sites is 1. The molecule has 0 aromatic heterocycles. The van der Waals surface area contributed by atoms with Gasteiger partial charge in [0.1, 0.15) is 5.75 Å². The zero-order valence-corrected chi connectivity index (χ0v) is 7.18. The molecule has 0 heterocycles. The van der Waals surface area contributed by atoms with Crippen molar-refractivity contribution in [1.29, 1.82) is 0 Å². The molecule has 1 unspecified atom stereocenters. The van der Waals surface area contributed by atoms with Crippen molar-refractivity contribution in [2.75, 3.05) is 0 Å². The second-order valence-electron chi connectivity index (χ2n) is 2.54. The van der Waals surface area contributed by atoms with E-state index in [1.165, 1.54) is 12.1 Å². The first-order chi connectivity index (χ1) is 6.65. The lowest BCUT2D eigenvalue weighted by Gasteiger charge is -2.10. The van der Waals surface area contributed by atoms with Crippen LogP contribution >= 0.6 is 0 Å². The monoisotopic (exact) mass is 200 g/mol. The number of halogens is 1. The lowest BCUT2D eigenvalue weighted by molar-refractivity contribution is -0.153. The van der Waals surface area contributed by atoms with Crippen LogP contribution in [0.2, 0.25) is 0 Å². The predicted octanol–water partition coefficient (Wildman–Crippen LogP) is 0.938. The van der Waals surface area contributed by atoms with Gasteiger partial charge in [-0.25, -0.2) is 4.79 Å². The molecule has 5 heteroatoms. The van der Waals surface area contributed by atoms with E-state index in [2.05, 4.69) is 4.74 Å². The molecule has 0 aliphatic rings. The smallest absolute Gasteiger partial charge is 0.378 e. The summed E-state index contributed by atoms with van der Waals surface area (Å²) in [4.78, 5) is 10.1. The standard InChI is InChI=1S/C9H9FO4/c10-8(9(12)13)14-7-4-2-1-3-6(7)5-11/h1-4,8,11H,5H2,(H,12,13). The molecule has 0 spiro atoms. The third-order valence-corrected chi connectivity index (χ3v) is 1.57. The molecule has 0 amide bonds. The quantitative estimate of drug-likeness (QED) is 0.758. The summed E-state index contributed by atoms with van der Waals surface area (Å²) in [7, 11) is 0. The van der Waals surface area contributed by atoms with Crippen LogP contribution in [0.15, 0.2) is 24.3 Å². The zero-order valence-electron chi connectivity index (χ0n) is 7.18. The van der Waals surface area contributed by atoms with Gasteiger partial charge in [-0.3, -0.25) is 0 Å². The topological polar surface area (TPSA) is 66.8 Å². The number of aliphatic carboxylic acids is 1. The molecule has 1 rings (SSSR count). The minimum Gasteiger partial charge on any atom is -0.476 e. The molecule has 0 aliphatic carbocycles. The molecule has 0 saturated carbocycles. The van der Waals surface area contributed by atoms with Crippen molar-refractivity contribution in [2.45, 2.75) is 13.0 Å². The first-order valence-corrected chi connectivity index (χ1v) is 3.87. The molecule has 76 valence electrons. The van der Waals surface area contributed by atoms with Crippen LogP contribution in [0, 0.1) is 0 Å². The van der Waals surface area contributed by atoms with Crippen LogP contribution < -0.4 is 4.74 Å². The third kappa shape index (κ3) is 2.43. The Labute approximate surface area is 79.6 Å². The molecular formula is C9H9FO4. The number of aliphatic hydroxyl groups excluding tert-OH is 1. The van der Waals surface area contributed by atoms with E-state index in [0.29, 0.717) is 5.56 Å². The second kappa shape index (κ2) is 4.57. The normalized spacial score (nSPS) is 12.1. The molecule has 0 bridgehead atoms. The first kappa shape index (κ1) is 10.5. The van der Waals surface area contributed by atoms with Gasteiger partial charge in [-0.05, 0) is 6.07 Å². The summed E-state index contributed by atoms with van der Waals surface area (Å²) in [6.07, 6.45) is -2.41. The van der Waals surface area contributed by atoms with Crippen LogP contribution in [0.5, 0.6) is 5.75 Å². The molecule has 1 aromatic carbocycles. The van der Waals surface area contributed by atoms with Crippen molar-refractivity contribution < 1.29 is 24.1 Å². The van der Waals surface area contributed by atoms with E-state index < -0.39 is 12.3 Å². The average molecular weight is 200 g/mol. The average Bonchev–Trinajstić information content (AvgIpc) is 2.18. The molecular weight excluding hydrogens is 191 g/mol. The zero-order chi connectivity index (χ0) is 10.6. The Kier molecular flexibility index (Phi) is 3.41. The lowest BCUT2D eigenvalue weighted by atomic mass is 10.2. The van der Waals surface area contributed by atoms with Gasteiger partial charge in [0.2, 0.25) is 0 Å². The number of carboxylic acid groups (broad SMARTS) is 1. The Morgan fingerprint density at radius 1 is 1.50 bits per heavy atom. The van der Waals surface area contributed by atoms with Crippen molar-refractivity contribution in [2.24, 2.45) is 0 Å². The molecule has 14 heavy (non-hydrogen) atoms. The van der Waals surface area contributed by atoms with Gasteiger partial charge in [-0.15, -0.1) is 0 Å². The number of rotatable bonds is 4. The van der Waals surface area contributed by atoms with Gasteiger partial charge in [0.15, 0.2) is 0 Å². The van der Waals surface area contributed by atoms with Crippen molar-refractivity contribution in [1.82, 2.24) is 0 Å². The van der Waals surface area contributed by atoms with Crippen LogP contribution in [-0.4, -0.2) is 22.5 Å². The van der Waals surface area contributed by atoms with E-state index in [0.717, 1.165) is 0 Å². The lowest BCUT2D eigenvalue weighted by Crippen LogP contribution is -2.21. The summed E-state index contributed by atoms with van der Waals surface area (Å²) in [5.74, 6) is -1.66. The fourth-order valence-electron chi connectivity index (χ4n) is 0.911. The SMILES string of the molecule is O=C(O)C(F)Oc1ccccc1CO. The molecule has 0 radical (unpaired) electrons. The molecule has 1 aromatic rings. The number of hydrogen-bond acceptors (Lipinski definition) is 3. The van der Waals surface area contributed by atoms with Gasteiger partial charge < -0.3 is 14.9 Å². The largest absolute Gasteiger partial charge is 0.476 e. The third-order valence-electron chi connectivity index (χ3n) is 1.57. The van der Waals surface area contributed by atoms with Crippen LogP contribution in [0.4, 0.5) is 4.39 Å². The summed E-state index contributed by atoms with van der Waals surface area (Å²) in [6.45, 7) is -0.331. The minimum atomic E-state index is -2.41. The summed E-state index contributed by atoms with van der Waals surface area (Å²) in [6, 6.07) is 6.10. The molecule has 4 nitrogen and oxygen atoms in total. The Balaban J connectivity index is 2.80. The highest BCUT2D eigenvalue weighted by atomic mass is 19.1. The molecule has 0 aliphatic heterocycles. The van der Waals surface area contributed by atoms with Gasteiger partial charge in [0.05, 0.1) is 6.61 Å². The van der Waals surface area contributed by atoms with E-state index in [1.807, 2.05) is 0 Å².